The molecule has 2 aromatic heterocycles. The van der Waals surface area contributed by atoms with E-state index in [1.165, 1.54) is 6.07 Å². The van der Waals surface area contributed by atoms with Crippen molar-refractivity contribution in [1.82, 2.24) is 19.7 Å². The van der Waals surface area contributed by atoms with Crippen molar-refractivity contribution in [2.75, 3.05) is 13.1 Å². The molecule has 1 fully saturated rings. The Morgan fingerprint density at radius 1 is 1.28 bits per heavy atom. The maximum absolute atomic E-state index is 14.6. The minimum Gasteiger partial charge on any atom is -0.444 e. The summed E-state index contributed by atoms with van der Waals surface area (Å²) >= 11 is 2.25. The highest BCUT2D eigenvalue weighted by Crippen LogP contribution is 2.35. The fraction of sp³-hybridized carbons (Fsp3) is 0.381. The first kappa shape index (κ1) is 20.1. The highest BCUT2D eigenvalue weighted by atomic mass is 127. The van der Waals surface area contributed by atoms with Gasteiger partial charge < -0.3 is 9.64 Å². The summed E-state index contributed by atoms with van der Waals surface area (Å²) in [7, 11) is 0. The molecule has 0 unspecified atom stereocenters. The summed E-state index contributed by atoms with van der Waals surface area (Å²) in [5.41, 5.74) is 2.13. The SMILES string of the molecule is Cc1ccc(-n2nc(C3CN(C(=O)OC(C)(C)C)C3)c3c(I)ccnc32)c(F)c1. The van der Waals surface area contributed by atoms with Gasteiger partial charge in [0.25, 0.3) is 0 Å². The summed E-state index contributed by atoms with van der Waals surface area (Å²) in [6, 6.07) is 6.97. The molecule has 1 amide bonds. The van der Waals surface area contributed by atoms with Gasteiger partial charge in [-0.2, -0.15) is 5.10 Å². The van der Waals surface area contributed by atoms with Crippen molar-refractivity contribution in [2.45, 2.75) is 39.2 Å². The van der Waals surface area contributed by atoms with Crippen LogP contribution in [0.25, 0.3) is 16.7 Å². The predicted molar refractivity (Wildman–Crippen MR) is 117 cm³/mol. The molecule has 29 heavy (non-hydrogen) atoms. The van der Waals surface area contributed by atoms with Crippen LogP contribution in [0.1, 0.15) is 37.9 Å². The van der Waals surface area contributed by atoms with Crippen LogP contribution in [-0.4, -0.2) is 44.4 Å². The Balaban J connectivity index is 1.69. The Morgan fingerprint density at radius 3 is 2.66 bits per heavy atom. The van der Waals surface area contributed by atoms with Gasteiger partial charge >= 0.3 is 6.09 Å². The maximum atomic E-state index is 14.6. The van der Waals surface area contributed by atoms with Crippen LogP contribution in [0.15, 0.2) is 30.5 Å². The normalized spacial score (nSPS) is 14.9. The molecule has 0 N–H and O–H groups in total. The number of hydrogen-bond acceptors (Lipinski definition) is 4. The number of rotatable bonds is 2. The van der Waals surface area contributed by atoms with E-state index in [1.54, 1.807) is 21.8 Å². The van der Waals surface area contributed by atoms with E-state index in [2.05, 4.69) is 27.6 Å². The molecule has 0 bridgehead atoms. The number of ether oxygens (including phenoxy) is 1. The topological polar surface area (TPSA) is 60.2 Å². The lowest BCUT2D eigenvalue weighted by Crippen LogP contribution is -2.50. The monoisotopic (exact) mass is 508 g/mol. The summed E-state index contributed by atoms with van der Waals surface area (Å²) in [4.78, 5) is 18.4. The van der Waals surface area contributed by atoms with Gasteiger partial charge in [-0.3, -0.25) is 0 Å². The number of aromatic nitrogens is 3. The van der Waals surface area contributed by atoms with Gasteiger partial charge in [-0.1, -0.05) is 6.07 Å². The molecule has 6 nitrogen and oxygen atoms in total. The second kappa shape index (κ2) is 7.23. The third-order valence-electron chi connectivity index (χ3n) is 4.80. The van der Waals surface area contributed by atoms with Crippen molar-refractivity contribution >= 4 is 39.7 Å². The zero-order valence-corrected chi connectivity index (χ0v) is 18.9. The van der Waals surface area contributed by atoms with Crippen LogP contribution in [-0.2, 0) is 4.74 Å². The van der Waals surface area contributed by atoms with Crippen LogP contribution in [0, 0.1) is 16.3 Å². The molecule has 0 atom stereocenters. The van der Waals surface area contributed by atoms with E-state index >= 15 is 0 Å². The van der Waals surface area contributed by atoms with Crippen molar-refractivity contribution in [1.29, 1.82) is 0 Å². The van der Waals surface area contributed by atoms with Crippen molar-refractivity contribution in [3.63, 3.8) is 0 Å². The van der Waals surface area contributed by atoms with E-state index in [9.17, 15) is 9.18 Å². The summed E-state index contributed by atoms with van der Waals surface area (Å²) in [6.07, 6.45) is 1.38. The average Bonchev–Trinajstić information content (AvgIpc) is 2.92. The highest BCUT2D eigenvalue weighted by molar-refractivity contribution is 14.1. The van der Waals surface area contributed by atoms with Crippen molar-refractivity contribution < 1.29 is 13.9 Å². The Labute approximate surface area is 182 Å². The Hall–Kier alpha value is -2.23. The Kier molecular flexibility index (Phi) is 5.00. The summed E-state index contributed by atoms with van der Waals surface area (Å²) < 4.78 is 22.6. The number of likely N-dealkylation sites (tertiary alicyclic amines) is 1. The van der Waals surface area contributed by atoms with Crippen LogP contribution >= 0.6 is 22.6 Å². The zero-order chi connectivity index (χ0) is 20.9. The van der Waals surface area contributed by atoms with Gasteiger partial charge in [0.15, 0.2) is 5.65 Å². The van der Waals surface area contributed by atoms with Gasteiger partial charge in [-0.05, 0) is 74.0 Å². The largest absolute Gasteiger partial charge is 0.444 e. The number of halogens is 2. The lowest BCUT2D eigenvalue weighted by atomic mass is 9.95. The van der Waals surface area contributed by atoms with Crippen LogP contribution in [0.3, 0.4) is 0 Å². The van der Waals surface area contributed by atoms with Crippen molar-refractivity contribution in [2.24, 2.45) is 0 Å². The van der Waals surface area contributed by atoms with E-state index in [0.29, 0.717) is 24.4 Å². The summed E-state index contributed by atoms with van der Waals surface area (Å²) in [5.74, 6) is -0.289. The van der Waals surface area contributed by atoms with Gasteiger partial charge in [0, 0.05) is 28.8 Å². The number of carbonyl (C=O) groups excluding carboxylic acids is 1. The lowest BCUT2D eigenvalue weighted by Gasteiger charge is -2.39. The minimum atomic E-state index is -0.529. The van der Waals surface area contributed by atoms with E-state index in [-0.39, 0.29) is 17.8 Å². The number of pyridine rings is 1. The van der Waals surface area contributed by atoms with Gasteiger partial charge in [0.1, 0.15) is 17.1 Å². The molecule has 1 aliphatic rings. The number of benzene rings is 1. The molecule has 0 aliphatic carbocycles. The van der Waals surface area contributed by atoms with Gasteiger partial charge in [-0.25, -0.2) is 18.9 Å². The predicted octanol–water partition coefficient (Wildman–Crippen LogP) is 4.81. The average molecular weight is 508 g/mol. The van der Waals surface area contributed by atoms with Crippen LogP contribution in [0.4, 0.5) is 9.18 Å². The van der Waals surface area contributed by atoms with E-state index < -0.39 is 5.60 Å². The number of amides is 1. The third kappa shape index (κ3) is 3.82. The zero-order valence-electron chi connectivity index (χ0n) is 16.7. The lowest BCUT2D eigenvalue weighted by molar-refractivity contribution is 0.00794. The van der Waals surface area contributed by atoms with Crippen LogP contribution in [0.5, 0.6) is 0 Å². The molecule has 4 rings (SSSR count). The molecule has 3 aromatic rings. The molecule has 3 heterocycles. The molecule has 0 radical (unpaired) electrons. The summed E-state index contributed by atoms with van der Waals surface area (Å²) in [6.45, 7) is 8.43. The third-order valence-corrected chi connectivity index (χ3v) is 5.69. The quantitative estimate of drug-likeness (QED) is 0.467. The van der Waals surface area contributed by atoms with Crippen LogP contribution < -0.4 is 0 Å². The number of carbonyl (C=O) groups is 1. The molecule has 1 saturated heterocycles. The van der Waals surface area contributed by atoms with E-state index in [4.69, 9.17) is 9.84 Å². The molecule has 0 spiro atoms. The number of aryl methyl sites for hydroxylation is 1. The molecular weight excluding hydrogens is 486 g/mol. The smallest absolute Gasteiger partial charge is 0.410 e. The number of nitrogens with zero attached hydrogens (tertiary/aromatic N) is 4. The van der Waals surface area contributed by atoms with Crippen molar-refractivity contribution in [3.05, 3.63) is 51.1 Å². The van der Waals surface area contributed by atoms with Gasteiger partial charge in [-0.15, -0.1) is 0 Å². The molecule has 1 aromatic carbocycles. The molecular formula is C21H22FIN4O2. The fourth-order valence-corrected chi connectivity index (χ4v) is 4.07. The van der Waals surface area contributed by atoms with Gasteiger partial charge in [0.05, 0.1) is 11.1 Å². The maximum Gasteiger partial charge on any atom is 0.410 e. The second-order valence-electron chi connectivity index (χ2n) is 8.33. The molecule has 1 aliphatic heterocycles. The first-order valence-corrected chi connectivity index (χ1v) is 10.5. The Morgan fingerprint density at radius 2 is 2.00 bits per heavy atom. The highest BCUT2D eigenvalue weighted by Gasteiger charge is 2.37. The van der Waals surface area contributed by atoms with Gasteiger partial charge in [0.2, 0.25) is 0 Å². The second-order valence-corrected chi connectivity index (χ2v) is 9.49. The standard InChI is InChI=1S/C21H22FIN4O2/c1-12-5-6-16(14(22)9-12)27-19-17(15(23)7-8-24-19)18(25-27)13-10-26(11-13)20(28)29-21(2,3)4/h5-9,13H,10-11H2,1-4H3. The molecule has 8 heteroatoms. The number of fused-ring (bicyclic) bond motifs is 1. The summed E-state index contributed by atoms with van der Waals surface area (Å²) in [5, 5.41) is 5.64. The molecule has 0 saturated carbocycles. The fourth-order valence-electron chi connectivity index (χ4n) is 3.40. The van der Waals surface area contributed by atoms with Crippen LogP contribution in [0.2, 0.25) is 0 Å². The van der Waals surface area contributed by atoms with E-state index in [0.717, 1.165) is 20.2 Å². The Bertz CT molecular complexity index is 1100. The van der Waals surface area contributed by atoms with Crippen molar-refractivity contribution in [3.8, 4) is 5.69 Å². The number of hydrogen-bond donors (Lipinski definition) is 0. The molecule has 152 valence electrons. The van der Waals surface area contributed by atoms with E-state index in [1.807, 2.05) is 39.8 Å². The first-order valence-electron chi connectivity index (χ1n) is 9.41. The minimum absolute atomic E-state index is 0.0532. The first-order chi connectivity index (χ1) is 13.6.